The van der Waals surface area contributed by atoms with Crippen LogP contribution in [0.25, 0.3) is 0 Å². The molecular weight excluding hydrogens is 336 g/mol. The fraction of sp³-hybridized carbons (Fsp3) is 0.650. The van der Waals surface area contributed by atoms with Gasteiger partial charge in [-0.1, -0.05) is 36.9 Å². The molecule has 0 aromatic heterocycles. The van der Waals surface area contributed by atoms with E-state index in [0.29, 0.717) is 5.92 Å². The van der Waals surface area contributed by atoms with Crippen LogP contribution in [0.4, 0.5) is 5.69 Å². The molecule has 1 saturated heterocycles. The fourth-order valence-corrected chi connectivity index (χ4v) is 4.04. The van der Waals surface area contributed by atoms with Gasteiger partial charge in [0.15, 0.2) is 0 Å². The minimum Gasteiger partial charge on any atom is -0.371 e. The molecule has 3 rings (SSSR count). The smallest absolute Gasteiger partial charge is 0.246 e. The van der Waals surface area contributed by atoms with Crippen molar-refractivity contribution in [2.45, 2.75) is 51.6 Å². The summed E-state index contributed by atoms with van der Waals surface area (Å²) in [6.45, 7) is 5.02. The number of aryl methyl sites for hydroxylation is 1. The van der Waals surface area contributed by atoms with Crippen LogP contribution in [0.3, 0.4) is 0 Å². The van der Waals surface area contributed by atoms with E-state index in [4.69, 9.17) is 16.3 Å². The number of carbonyl (C=O) groups excluding carboxylic acids is 1. The number of hydrogen-bond acceptors (Lipinski definition) is 3. The Hall–Kier alpha value is -1.26. The van der Waals surface area contributed by atoms with Crippen LogP contribution in [0.5, 0.6) is 0 Å². The molecule has 5 heteroatoms. The Bertz CT molecular complexity index is 587. The molecule has 1 unspecified atom stereocenters. The Kier molecular flexibility index (Phi) is 6.60. The Morgan fingerprint density at radius 3 is 2.88 bits per heavy atom. The third kappa shape index (κ3) is 5.35. The summed E-state index contributed by atoms with van der Waals surface area (Å²) in [5.41, 5.74) is 2.46. The molecule has 1 amide bonds. The third-order valence-corrected chi connectivity index (χ3v) is 5.62. The van der Waals surface area contributed by atoms with Gasteiger partial charge in [-0.05, 0) is 49.8 Å². The van der Waals surface area contributed by atoms with E-state index in [1.165, 1.54) is 30.5 Å². The molecule has 1 aliphatic heterocycles. The highest BCUT2D eigenvalue weighted by molar-refractivity contribution is 6.30. The van der Waals surface area contributed by atoms with Gasteiger partial charge >= 0.3 is 0 Å². The van der Waals surface area contributed by atoms with Crippen molar-refractivity contribution in [1.29, 1.82) is 0 Å². The first kappa shape index (κ1) is 18.5. The molecule has 25 heavy (non-hydrogen) atoms. The lowest BCUT2D eigenvalue weighted by Crippen LogP contribution is -2.34. The maximum Gasteiger partial charge on any atom is 0.246 e. The lowest BCUT2D eigenvalue weighted by Gasteiger charge is -2.22. The molecule has 1 saturated carbocycles. The monoisotopic (exact) mass is 364 g/mol. The molecule has 1 aromatic rings. The summed E-state index contributed by atoms with van der Waals surface area (Å²) in [7, 11) is 0. The molecule has 138 valence electrons. The van der Waals surface area contributed by atoms with Crippen molar-refractivity contribution in [2.24, 2.45) is 5.92 Å². The van der Waals surface area contributed by atoms with Crippen LogP contribution in [0, 0.1) is 12.8 Å². The summed E-state index contributed by atoms with van der Waals surface area (Å²) in [5.74, 6) is 0.500. The van der Waals surface area contributed by atoms with Crippen molar-refractivity contribution < 1.29 is 9.53 Å². The standard InChI is InChI=1S/C20H29ClN2O2/c1-15-7-8-17(21)11-19(15)23-10-9-16(13-23)12-22-20(24)14-25-18-5-3-2-4-6-18/h7-8,11,16,18H,2-6,9-10,12-14H2,1H3,(H,22,24). The summed E-state index contributed by atoms with van der Waals surface area (Å²) < 4.78 is 5.74. The largest absolute Gasteiger partial charge is 0.371 e. The molecule has 0 bridgehead atoms. The first-order valence-corrected chi connectivity index (χ1v) is 9.89. The first-order chi connectivity index (χ1) is 12.1. The van der Waals surface area contributed by atoms with Crippen LogP contribution in [0.15, 0.2) is 18.2 Å². The van der Waals surface area contributed by atoms with Crippen LogP contribution in [0.1, 0.15) is 44.1 Å². The van der Waals surface area contributed by atoms with E-state index in [-0.39, 0.29) is 18.6 Å². The Morgan fingerprint density at radius 2 is 2.08 bits per heavy atom. The molecule has 0 spiro atoms. The van der Waals surface area contributed by atoms with Crippen molar-refractivity contribution in [3.05, 3.63) is 28.8 Å². The molecule has 1 aliphatic carbocycles. The third-order valence-electron chi connectivity index (χ3n) is 5.39. The van der Waals surface area contributed by atoms with E-state index in [1.54, 1.807) is 0 Å². The Balaban J connectivity index is 1.39. The normalized spacial score (nSPS) is 21.5. The maximum atomic E-state index is 12.0. The molecule has 2 fully saturated rings. The Morgan fingerprint density at radius 1 is 1.28 bits per heavy atom. The number of halogens is 1. The van der Waals surface area contributed by atoms with Gasteiger partial charge in [0.2, 0.25) is 5.91 Å². The minimum absolute atomic E-state index is 0.0166. The van der Waals surface area contributed by atoms with Gasteiger partial charge in [-0.15, -0.1) is 0 Å². The summed E-state index contributed by atoms with van der Waals surface area (Å²) in [6.07, 6.45) is 7.34. The highest BCUT2D eigenvalue weighted by Crippen LogP contribution is 2.29. The zero-order valence-electron chi connectivity index (χ0n) is 15.1. The van der Waals surface area contributed by atoms with E-state index in [9.17, 15) is 4.79 Å². The van der Waals surface area contributed by atoms with E-state index in [1.807, 2.05) is 12.1 Å². The van der Waals surface area contributed by atoms with Gasteiger partial charge in [0.25, 0.3) is 0 Å². The predicted molar refractivity (Wildman–Crippen MR) is 102 cm³/mol. The van der Waals surface area contributed by atoms with Crippen LogP contribution in [0.2, 0.25) is 5.02 Å². The topological polar surface area (TPSA) is 41.6 Å². The van der Waals surface area contributed by atoms with Gasteiger partial charge in [0, 0.05) is 30.3 Å². The number of anilines is 1. The maximum absolute atomic E-state index is 12.0. The van der Waals surface area contributed by atoms with Crippen molar-refractivity contribution in [3.8, 4) is 0 Å². The highest BCUT2D eigenvalue weighted by Gasteiger charge is 2.24. The first-order valence-electron chi connectivity index (χ1n) is 9.51. The van der Waals surface area contributed by atoms with Crippen LogP contribution < -0.4 is 10.2 Å². The zero-order valence-corrected chi connectivity index (χ0v) is 15.9. The van der Waals surface area contributed by atoms with Gasteiger partial charge in [-0.25, -0.2) is 0 Å². The van der Waals surface area contributed by atoms with Gasteiger partial charge in [-0.2, -0.15) is 0 Å². The molecule has 1 atom stereocenters. The SMILES string of the molecule is Cc1ccc(Cl)cc1N1CCC(CNC(=O)COC2CCCCC2)C1. The Labute approximate surface area is 155 Å². The molecule has 0 radical (unpaired) electrons. The van der Waals surface area contributed by atoms with E-state index < -0.39 is 0 Å². The minimum atomic E-state index is 0.0166. The lowest BCUT2D eigenvalue weighted by atomic mass is 9.98. The number of ether oxygens (including phenoxy) is 1. The van der Waals surface area contributed by atoms with E-state index >= 15 is 0 Å². The molecule has 1 heterocycles. The van der Waals surface area contributed by atoms with Gasteiger partial charge in [0.1, 0.15) is 6.61 Å². The van der Waals surface area contributed by atoms with Crippen LogP contribution in [-0.4, -0.2) is 38.3 Å². The zero-order chi connectivity index (χ0) is 17.6. The number of amides is 1. The van der Waals surface area contributed by atoms with Gasteiger partial charge in [0.05, 0.1) is 6.10 Å². The number of nitrogens with one attached hydrogen (secondary N) is 1. The second-order valence-electron chi connectivity index (χ2n) is 7.41. The van der Waals surface area contributed by atoms with E-state index in [2.05, 4.69) is 23.2 Å². The second kappa shape index (κ2) is 8.91. The lowest BCUT2D eigenvalue weighted by molar-refractivity contribution is -0.128. The van der Waals surface area contributed by atoms with Crippen LogP contribution in [-0.2, 0) is 9.53 Å². The number of rotatable bonds is 6. The predicted octanol–water partition coefficient (Wildman–Crippen LogP) is 3.94. The summed E-state index contributed by atoms with van der Waals surface area (Å²) in [6, 6.07) is 6.03. The van der Waals surface area contributed by atoms with Crippen molar-refractivity contribution in [2.75, 3.05) is 31.1 Å². The average Bonchev–Trinajstić information content (AvgIpc) is 3.10. The highest BCUT2D eigenvalue weighted by atomic mass is 35.5. The molecule has 1 N–H and O–H groups in total. The molecule has 2 aliphatic rings. The van der Waals surface area contributed by atoms with Crippen LogP contribution >= 0.6 is 11.6 Å². The average molecular weight is 365 g/mol. The second-order valence-corrected chi connectivity index (χ2v) is 7.84. The quantitative estimate of drug-likeness (QED) is 0.831. The molecule has 4 nitrogen and oxygen atoms in total. The van der Waals surface area contributed by atoms with Gasteiger partial charge in [-0.3, -0.25) is 4.79 Å². The summed E-state index contributed by atoms with van der Waals surface area (Å²) in [5, 5.41) is 3.82. The molecular formula is C20H29ClN2O2. The van der Waals surface area contributed by atoms with Crippen molar-refractivity contribution in [1.82, 2.24) is 5.32 Å². The summed E-state index contributed by atoms with van der Waals surface area (Å²) in [4.78, 5) is 14.4. The molecule has 1 aromatic carbocycles. The number of benzene rings is 1. The van der Waals surface area contributed by atoms with Crippen molar-refractivity contribution in [3.63, 3.8) is 0 Å². The van der Waals surface area contributed by atoms with Crippen molar-refractivity contribution >= 4 is 23.2 Å². The number of nitrogens with zero attached hydrogens (tertiary/aromatic N) is 1. The van der Waals surface area contributed by atoms with E-state index in [0.717, 1.165) is 43.9 Å². The van der Waals surface area contributed by atoms with Gasteiger partial charge < -0.3 is 15.0 Å². The fourth-order valence-electron chi connectivity index (χ4n) is 3.88. The number of carbonyl (C=O) groups is 1. The number of hydrogen-bond donors (Lipinski definition) is 1. The summed E-state index contributed by atoms with van der Waals surface area (Å²) >= 11 is 6.14.